The molecule has 2 heterocycles. The number of rotatable bonds is 2. The first kappa shape index (κ1) is 15.2. The molecule has 0 spiro atoms. The average molecular weight is 309 g/mol. The van der Waals surface area contributed by atoms with Crippen LogP contribution >= 0.6 is 0 Å². The number of halogens is 3. The Labute approximate surface area is 114 Å². The highest BCUT2D eigenvalue weighted by atomic mass is 32.2. The number of aromatic nitrogens is 1. The summed E-state index contributed by atoms with van der Waals surface area (Å²) in [4.78, 5) is 2.92. The molecule has 20 heavy (non-hydrogen) atoms. The Morgan fingerprint density at radius 2 is 2.05 bits per heavy atom. The van der Waals surface area contributed by atoms with Gasteiger partial charge in [-0.15, -0.1) is 0 Å². The SMILES string of the molecule is NC1CCCN(S(=O)(=O)c2ccc(C(F)(F)F)nc2)C1. The average Bonchev–Trinajstić information content (AvgIpc) is 2.38. The van der Waals surface area contributed by atoms with Crippen LogP contribution in [0.3, 0.4) is 0 Å². The minimum Gasteiger partial charge on any atom is -0.327 e. The number of nitrogens with zero attached hydrogens (tertiary/aromatic N) is 2. The molecule has 2 rings (SSSR count). The van der Waals surface area contributed by atoms with E-state index in [0.29, 0.717) is 19.0 Å². The van der Waals surface area contributed by atoms with Crippen molar-refractivity contribution in [2.75, 3.05) is 13.1 Å². The number of pyridine rings is 1. The highest BCUT2D eigenvalue weighted by molar-refractivity contribution is 7.89. The zero-order valence-electron chi connectivity index (χ0n) is 10.5. The second kappa shape index (κ2) is 5.30. The Bertz CT molecular complexity index is 572. The van der Waals surface area contributed by atoms with Gasteiger partial charge in [-0.2, -0.15) is 17.5 Å². The molecule has 0 saturated carbocycles. The highest BCUT2D eigenvalue weighted by Gasteiger charge is 2.34. The fourth-order valence-electron chi connectivity index (χ4n) is 2.04. The summed E-state index contributed by atoms with van der Waals surface area (Å²) in [5, 5.41) is 0. The summed E-state index contributed by atoms with van der Waals surface area (Å²) >= 11 is 0. The smallest absolute Gasteiger partial charge is 0.327 e. The predicted octanol–water partition coefficient (Wildman–Crippen LogP) is 1.21. The fraction of sp³-hybridized carbons (Fsp3) is 0.545. The topological polar surface area (TPSA) is 76.3 Å². The van der Waals surface area contributed by atoms with Crippen LogP contribution in [0.15, 0.2) is 23.2 Å². The van der Waals surface area contributed by atoms with E-state index in [1.165, 1.54) is 4.31 Å². The molecule has 1 aliphatic rings. The van der Waals surface area contributed by atoms with Gasteiger partial charge in [0, 0.05) is 25.3 Å². The van der Waals surface area contributed by atoms with Crippen molar-refractivity contribution in [1.29, 1.82) is 0 Å². The van der Waals surface area contributed by atoms with Crippen molar-refractivity contribution in [3.63, 3.8) is 0 Å². The maximum absolute atomic E-state index is 12.4. The number of alkyl halides is 3. The van der Waals surface area contributed by atoms with Gasteiger partial charge in [-0.1, -0.05) is 0 Å². The molecule has 0 aliphatic carbocycles. The van der Waals surface area contributed by atoms with E-state index in [1.807, 2.05) is 0 Å². The van der Waals surface area contributed by atoms with E-state index in [0.717, 1.165) is 18.7 Å². The van der Waals surface area contributed by atoms with Crippen LogP contribution in [-0.4, -0.2) is 36.8 Å². The van der Waals surface area contributed by atoms with E-state index in [2.05, 4.69) is 4.98 Å². The number of hydrogen-bond acceptors (Lipinski definition) is 4. The minimum absolute atomic E-state index is 0.170. The summed E-state index contributed by atoms with van der Waals surface area (Å²) in [5.74, 6) is 0. The summed E-state index contributed by atoms with van der Waals surface area (Å²) in [7, 11) is -3.83. The Hall–Kier alpha value is -1.19. The maximum Gasteiger partial charge on any atom is 0.433 e. The van der Waals surface area contributed by atoms with Gasteiger partial charge in [-0.3, -0.25) is 4.98 Å². The Balaban J connectivity index is 2.26. The van der Waals surface area contributed by atoms with Gasteiger partial charge in [0.25, 0.3) is 0 Å². The molecule has 2 N–H and O–H groups in total. The van der Waals surface area contributed by atoms with Crippen molar-refractivity contribution in [2.24, 2.45) is 5.73 Å². The van der Waals surface area contributed by atoms with Gasteiger partial charge in [0.05, 0.1) is 0 Å². The van der Waals surface area contributed by atoms with Crippen molar-refractivity contribution in [3.05, 3.63) is 24.0 Å². The van der Waals surface area contributed by atoms with Crippen LogP contribution in [0.4, 0.5) is 13.2 Å². The van der Waals surface area contributed by atoms with Gasteiger partial charge in [0.1, 0.15) is 10.6 Å². The highest BCUT2D eigenvalue weighted by Crippen LogP contribution is 2.28. The molecule has 0 aromatic carbocycles. The first-order valence-electron chi connectivity index (χ1n) is 6.00. The van der Waals surface area contributed by atoms with Crippen molar-refractivity contribution >= 4 is 10.0 Å². The second-order valence-electron chi connectivity index (χ2n) is 4.64. The van der Waals surface area contributed by atoms with Crippen LogP contribution in [0.1, 0.15) is 18.5 Å². The van der Waals surface area contributed by atoms with Crippen LogP contribution < -0.4 is 5.73 Å². The summed E-state index contributed by atoms with van der Waals surface area (Å²) in [6.07, 6.45) is -2.49. The molecular weight excluding hydrogens is 295 g/mol. The van der Waals surface area contributed by atoms with E-state index in [1.54, 1.807) is 0 Å². The van der Waals surface area contributed by atoms with Gasteiger partial charge in [-0.25, -0.2) is 8.42 Å². The number of hydrogen-bond donors (Lipinski definition) is 1. The standard InChI is InChI=1S/C11H14F3N3O2S/c12-11(13,14)10-4-3-9(6-16-10)20(18,19)17-5-1-2-8(15)7-17/h3-4,6,8H,1-2,5,7,15H2. The lowest BCUT2D eigenvalue weighted by Crippen LogP contribution is -2.45. The maximum atomic E-state index is 12.4. The van der Waals surface area contributed by atoms with Gasteiger partial charge >= 0.3 is 6.18 Å². The molecular formula is C11H14F3N3O2S. The quantitative estimate of drug-likeness (QED) is 0.891. The number of nitrogens with two attached hydrogens (primary N) is 1. The van der Waals surface area contributed by atoms with Crippen LogP contribution in [0.2, 0.25) is 0 Å². The second-order valence-corrected chi connectivity index (χ2v) is 6.58. The Kier molecular flexibility index (Phi) is 4.03. The summed E-state index contributed by atoms with van der Waals surface area (Å²) in [5.41, 5.74) is 4.59. The van der Waals surface area contributed by atoms with Crippen LogP contribution in [-0.2, 0) is 16.2 Å². The Morgan fingerprint density at radius 3 is 2.55 bits per heavy atom. The fourth-order valence-corrected chi connectivity index (χ4v) is 3.52. The molecule has 0 bridgehead atoms. The number of piperidine rings is 1. The summed E-state index contributed by atoms with van der Waals surface area (Å²) < 4.78 is 62.8. The zero-order valence-corrected chi connectivity index (χ0v) is 11.3. The van der Waals surface area contributed by atoms with E-state index in [-0.39, 0.29) is 17.5 Å². The lowest BCUT2D eigenvalue weighted by atomic mass is 10.1. The molecule has 1 unspecified atom stereocenters. The lowest BCUT2D eigenvalue weighted by Gasteiger charge is -2.29. The molecule has 112 valence electrons. The normalized spacial score (nSPS) is 21.9. The van der Waals surface area contributed by atoms with Gasteiger partial charge in [0.15, 0.2) is 0 Å². The molecule has 1 aliphatic heterocycles. The first-order valence-corrected chi connectivity index (χ1v) is 7.44. The lowest BCUT2D eigenvalue weighted by molar-refractivity contribution is -0.141. The molecule has 5 nitrogen and oxygen atoms in total. The van der Waals surface area contributed by atoms with E-state index in [9.17, 15) is 21.6 Å². The molecule has 1 atom stereocenters. The van der Waals surface area contributed by atoms with Crippen molar-refractivity contribution < 1.29 is 21.6 Å². The van der Waals surface area contributed by atoms with Crippen LogP contribution in [0, 0.1) is 0 Å². The number of sulfonamides is 1. The third-order valence-electron chi connectivity index (χ3n) is 3.09. The first-order chi connectivity index (χ1) is 9.21. The van der Waals surface area contributed by atoms with Crippen molar-refractivity contribution in [2.45, 2.75) is 30.0 Å². The summed E-state index contributed by atoms with van der Waals surface area (Å²) in [6.45, 7) is 0.487. The molecule has 1 aromatic rings. The molecule has 9 heteroatoms. The van der Waals surface area contributed by atoms with Crippen LogP contribution in [0.25, 0.3) is 0 Å². The van der Waals surface area contributed by atoms with E-state index in [4.69, 9.17) is 5.73 Å². The van der Waals surface area contributed by atoms with Gasteiger partial charge < -0.3 is 5.73 Å². The van der Waals surface area contributed by atoms with E-state index < -0.39 is 21.9 Å². The minimum atomic E-state index is -4.59. The van der Waals surface area contributed by atoms with Crippen LogP contribution in [0.5, 0.6) is 0 Å². The van der Waals surface area contributed by atoms with Gasteiger partial charge in [0.2, 0.25) is 10.0 Å². The predicted molar refractivity (Wildman–Crippen MR) is 65.2 cm³/mol. The molecule has 0 amide bonds. The van der Waals surface area contributed by atoms with Gasteiger partial charge in [-0.05, 0) is 25.0 Å². The van der Waals surface area contributed by atoms with E-state index >= 15 is 0 Å². The molecule has 0 radical (unpaired) electrons. The van der Waals surface area contributed by atoms with Crippen molar-refractivity contribution in [3.8, 4) is 0 Å². The molecule has 1 fully saturated rings. The zero-order chi connectivity index (χ0) is 15.0. The largest absolute Gasteiger partial charge is 0.433 e. The van der Waals surface area contributed by atoms with Crippen molar-refractivity contribution in [1.82, 2.24) is 9.29 Å². The molecule has 1 saturated heterocycles. The Morgan fingerprint density at radius 1 is 1.35 bits per heavy atom. The molecule has 1 aromatic heterocycles. The summed E-state index contributed by atoms with van der Waals surface area (Å²) in [6, 6.07) is 1.34. The third-order valence-corrected chi connectivity index (χ3v) is 4.93. The monoisotopic (exact) mass is 309 g/mol. The third kappa shape index (κ3) is 3.10.